The maximum Gasteiger partial charge on any atom is 0.262 e. The molecular weight excluding hydrogens is 314 g/mol. The van der Waals surface area contributed by atoms with E-state index in [0.717, 1.165) is 30.6 Å². The first-order chi connectivity index (χ1) is 10.9. The van der Waals surface area contributed by atoms with Crippen molar-refractivity contribution < 1.29 is 13.2 Å². The highest BCUT2D eigenvalue weighted by Gasteiger charge is 2.18. The third kappa shape index (κ3) is 3.73. The Kier molecular flexibility index (Phi) is 4.41. The van der Waals surface area contributed by atoms with E-state index in [1.165, 1.54) is 6.20 Å². The number of sulfonamides is 1. The Morgan fingerprint density at radius 3 is 2.87 bits per heavy atom. The van der Waals surface area contributed by atoms with Crippen molar-refractivity contribution in [1.29, 1.82) is 0 Å². The Bertz CT molecular complexity index is 793. The molecule has 1 saturated heterocycles. The van der Waals surface area contributed by atoms with E-state index in [1.54, 1.807) is 23.0 Å². The minimum Gasteiger partial charge on any atom is -0.376 e. The number of nitrogens with one attached hydrogen (secondary N) is 1. The summed E-state index contributed by atoms with van der Waals surface area (Å²) in [6.07, 6.45) is 5.47. The largest absolute Gasteiger partial charge is 0.376 e. The van der Waals surface area contributed by atoms with Gasteiger partial charge in [0.1, 0.15) is 0 Å². The Hall–Kier alpha value is -1.86. The average Bonchev–Trinajstić information content (AvgIpc) is 3.14. The van der Waals surface area contributed by atoms with Crippen LogP contribution in [-0.2, 0) is 21.3 Å². The predicted octanol–water partition coefficient (Wildman–Crippen LogP) is 2.48. The van der Waals surface area contributed by atoms with Gasteiger partial charge in [-0.1, -0.05) is 6.07 Å². The van der Waals surface area contributed by atoms with Crippen molar-refractivity contribution in [3.05, 3.63) is 41.7 Å². The van der Waals surface area contributed by atoms with E-state index in [1.807, 2.05) is 19.9 Å². The fourth-order valence-electron chi connectivity index (χ4n) is 2.61. The lowest BCUT2D eigenvalue weighted by molar-refractivity contribution is 0.0940. The van der Waals surface area contributed by atoms with E-state index in [9.17, 15) is 8.42 Å². The number of anilines is 1. The van der Waals surface area contributed by atoms with Gasteiger partial charge in [0.05, 0.1) is 29.4 Å². The molecule has 6 nitrogen and oxygen atoms in total. The van der Waals surface area contributed by atoms with Crippen LogP contribution in [0, 0.1) is 13.8 Å². The number of nitrogens with zero attached hydrogens (tertiary/aromatic N) is 2. The Morgan fingerprint density at radius 1 is 1.35 bits per heavy atom. The van der Waals surface area contributed by atoms with Gasteiger partial charge in [0.2, 0.25) is 0 Å². The zero-order chi connectivity index (χ0) is 16.4. The quantitative estimate of drug-likeness (QED) is 0.911. The lowest BCUT2D eigenvalue weighted by Crippen LogP contribution is -2.15. The van der Waals surface area contributed by atoms with Gasteiger partial charge in [0, 0.05) is 12.8 Å². The van der Waals surface area contributed by atoms with Gasteiger partial charge in [-0.05, 0) is 49.9 Å². The van der Waals surface area contributed by atoms with Gasteiger partial charge >= 0.3 is 0 Å². The zero-order valence-corrected chi connectivity index (χ0v) is 14.1. The molecule has 1 unspecified atom stereocenters. The number of hydrogen-bond donors (Lipinski definition) is 1. The van der Waals surface area contributed by atoms with Crippen LogP contribution in [0.2, 0.25) is 0 Å². The van der Waals surface area contributed by atoms with Gasteiger partial charge < -0.3 is 4.74 Å². The number of rotatable bonds is 5. The molecule has 1 aromatic heterocycles. The average molecular weight is 335 g/mol. The van der Waals surface area contributed by atoms with E-state index >= 15 is 0 Å². The van der Waals surface area contributed by atoms with E-state index in [-0.39, 0.29) is 11.0 Å². The molecular formula is C16H21N3O3S. The topological polar surface area (TPSA) is 73.2 Å². The molecule has 0 aliphatic carbocycles. The maximum absolute atomic E-state index is 12.4. The van der Waals surface area contributed by atoms with Crippen molar-refractivity contribution in [1.82, 2.24) is 9.78 Å². The fourth-order valence-corrected chi connectivity index (χ4v) is 3.72. The summed E-state index contributed by atoms with van der Waals surface area (Å²) in [5.74, 6) is 0. The highest BCUT2D eigenvalue weighted by molar-refractivity contribution is 7.92. The van der Waals surface area contributed by atoms with Crippen molar-refractivity contribution in [2.75, 3.05) is 11.3 Å². The molecule has 23 heavy (non-hydrogen) atoms. The minimum absolute atomic E-state index is 0.166. The summed E-state index contributed by atoms with van der Waals surface area (Å²) in [5.41, 5.74) is 2.47. The molecule has 3 rings (SSSR count). The van der Waals surface area contributed by atoms with E-state index in [0.29, 0.717) is 12.2 Å². The van der Waals surface area contributed by atoms with Crippen molar-refractivity contribution >= 4 is 15.7 Å². The predicted molar refractivity (Wildman–Crippen MR) is 87.9 cm³/mol. The van der Waals surface area contributed by atoms with Gasteiger partial charge in [-0.25, -0.2) is 8.42 Å². The molecule has 0 amide bonds. The van der Waals surface area contributed by atoms with E-state index in [2.05, 4.69) is 9.82 Å². The smallest absolute Gasteiger partial charge is 0.262 e. The molecule has 7 heteroatoms. The monoisotopic (exact) mass is 335 g/mol. The molecule has 1 aliphatic heterocycles. The third-order valence-electron chi connectivity index (χ3n) is 4.09. The first kappa shape index (κ1) is 16.0. The number of aryl methyl sites for hydroxylation is 2. The molecule has 0 spiro atoms. The van der Waals surface area contributed by atoms with Gasteiger partial charge in [0.25, 0.3) is 10.0 Å². The Labute approximate surface area is 136 Å². The van der Waals surface area contributed by atoms with E-state index < -0.39 is 10.0 Å². The molecule has 2 heterocycles. The van der Waals surface area contributed by atoms with Gasteiger partial charge in [-0.15, -0.1) is 0 Å². The molecule has 0 bridgehead atoms. The van der Waals surface area contributed by atoms with Crippen molar-refractivity contribution in [3.63, 3.8) is 0 Å². The number of aromatic nitrogens is 2. The van der Waals surface area contributed by atoms with Crippen LogP contribution in [0.1, 0.15) is 24.0 Å². The minimum atomic E-state index is -3.60. The highest BCUT2D eigenvalue weighted by atomic mass is 32.2. The fraction of sp³-hybridized carbons (Fsp3) is 0.438. The molecule has 124 valence electrons. The van der Waals surface area contributed by atoms with Crippen LogP contribution in [0.5, 0.6) is 0 Å². The van der Waals surface area contributed by atoms with Crippen LogP contribution in [0.25, 0.3) is 0 Å². The molecule has 2 aromatic rings. The molecule has 1 aliphatic rings. The van der Waals surface area contributed by atoms with Gasteiger partial charge in [-0.2, -0.15) is 5.10 Å². The zero-order valence-electron chi connectivity index (χ0n) is 13.3. The first-order valence-corrected chi connectivity index (χ1v) is 9.16. The number of ether oxygens (including phenoxy) is 1. The Morgan fingerprint density at radius 2 is 2.17 bits per heavy atom. The molecule has 0 saturated carbocycles. The standard InChI is InChI=1S/C16H21N3O3S/c1-12-5-6-16(8-13(12)2)23(20,21)18-14-9-17-19(10-14)11-15-4-3-7-22-15/h5-6,8-10,15,18H,3-4,7,11H2,1-2H3. The number of benzene rings is 1. The molecule has 1 fully saturated rings. The lowest BCUT2D eigenvalue weighted by atomic mass is 10.1. The molecule has 1 aromatic carbocycles. The molecule has 1 atom stereocenters. The lowest BCUT2D eigenvalue weighted by Gasteiger charge is -2.09. The van der Waals surface area contributed by atoms with Crippen LogP contribution in [0.4, 0.5) is 5.69 Å². The second kappa shape index (κ2) is 6.33. The van der Waals surface area contributed by atoms with Crippen LogP contribution >= 0.6 is 0 Å². The summed E-state index contributed by atoms with van der Waals surface area (Å²) in [7, 11) is -3.60. The second-order valence-electron chi connectivity index (χ2n) is 5.94. The van der Waals surface area contributed by atoms with Crippen molar-refractivity contribution in [2.45, 2.75) is 44.2 Å². The summed E-state index contributed by atoms with van der Waals surface area (Å²) in [6.45, 7) is 5.28. The number of hydrogen-bond acceptors (Lipinski definition) is 4. The summed E-state index contributed by atoms with van der Waals surface area (Å²) in [4.78, 5) is 0.257. The molecule has 0 radical (unpaired) electrons. The third-order valence-corrected chi connectivity index (χ3v) is 5.47. The summed E-state index contributed by atoms with van der Waals surface area (Å²) < 4.78 is 34.7. The Balaban J connectivity index is 1.72. The van der Waals surface area contributed by atoms with Gasteiger partial charge in [-0.3, -0.25) is 9.40 Å². The van der Waals surface area contributed by atoms with Crippen LogP contribution in [0.15, 0.2) is 35.5 Å². The van der Waals surface area contributed by atoms with Crippen LogP contribution in [0.3, 0.4) is 0 Å². The van der Waals surface area contributed by atoms with E-state index in [4.69, 9.17) is 4.74 Å². The SMILES string of the molecule is Cc1ccc(S(=O)(=O)Nc2cnn(CC3CCCO3)c2)cc1C. The molecule has 1 N–H and O–H groups in total. The van der Waals surface area contributed by atoms with Crippen molar-refractivity contribution in [2.24, 2.45) is 0 Å². The summed E-state index contributed by atoms with van der Waals surface area (Å²) >= 11 is 0. The second-order valence-corrected chi connectivity index (χ2v) is 7.62. The summed E-state index contributed by atoms with van der Waals surface area (Å²) in [5, 5.41) is 4.20. The van der Waals surface area contributed by atoms with Crippen LogP contribution < -0.4 is 4.72 Å². The highest BCUT2D eigenvalue weighted by Crippen LogP contribution is 2.19. The summed E-state index contributed by atoms with van der Waals surface area (Å²) in [6, 6.07) is 5.10. The first-order valence-electron chi connectivity index (χ1n) is 7.68. The van der Waals surface area contributed by atoms with Crippen molar-refractivity contribution in [3.8, 4) is 0 Å². The van der Waals surface area contributed by atoms with Crippen LogP contribution in [-0.4, -0.2) is 30.9 Å². The normalized spacial score (nSPS) is 18.3. The maximum atomic E-state index is 12.4. The van der Waals surface area contributed by atoms with Gasteiger partial charge in [0.15, 0.2) is 0 Å².